The monoisotopic (exact) mass is 388 g/mol. The zero-order valence-corrected chi connectivity index (χ0v) is 16.3. The molecule has 10 heteroatoms. The van der Waals surface area contributed by atoms with E-state index in [9.17, 15) is 0 Å². The number of nitrogens with zero attached hydrogens (tertiary/aromatic N) is 10. The number of aryl methyl sites for hydroxylation is 1. The van der Waals surface area contributed by atoms with E-state index < -0.39 is 0 Å². The van der Waals surface area contributed by atoms with Crippen LogP contribution in [-0.2, 0) is 0 Å². The van der Waals surface area contributed by atoms with Gasteiger partial charge in [-0.05, 0) is 32.2 Å². The van der Waals surface area contributed by atoms with E-state index in [2.05, 4.69) is 47.1 Å². The largest absolute Gasteiger partial charge is 0.338 e. The first kappa shape index (κ1) is 17.6. The first-order valence-electron chi connectivity index (χ1n) is 9.46. The van der Waals surface area contributed by atoms with Gasteiger partial charge in [-0.1, -0.05) is 0 Å². The summed E-state index contributed by atoms with van der Waals surface area (Å²) in [7, 11) is 2.13. The molecular weight excluding hydrogens is 368 g/mol. The van der Waals surface area contributed by atoms with Gasteiger partial charge in [0, 0.05) is 50.3 Å². The Kier molecular flexibility index (Phi) is 4.32. The highest BCUT2D eigenvalue weighted by molar-refractivity contribution is 5.61. The number of fused-ring (bicyclic) bond motifs is 1. The van der Waals surface area contributed by atoms with Gasteiger partial charge in [0.2, 0.25) is 5.95 Å². The van der Waals surface area contributed by atoms with Crippen LogP contribution in [0.2, 0.25) is 0 Å². The third-order valence-corrected chi connectivity index (χ3v) is 5.10. The van der Waals surface area contributed by atoms with Gasteiger partial charge in [-0.25, -0.2) is 9.97 Å². The summed E-state index contributed by atoms with van der Waals surface area (Å²) in [4.78, 5) is 22.2. The second kappa shape index (κ2) is 7.13. The van der Waals surface area contributed by atoms with E-state index in [1.165, 1.54) is 0 Å². The first-order chi connectivity index (χ1) is 14.2. The fraction of sp³-hybridized carbons (Fsp3) is 0.316. The number of likely N-dealkylation sites (N-methyl/N-ethyl adjacent to an activating group) is 1. The van der Waals surface area contributed by atoms with Gasteiger partial charge in [0.15, 0.2) is 5.82 Å². The number of pyridine rings is 1. The van der Waals surface area contributed by atoms with E-state index in [4.69, 9.17) is 4.98 Å². The predicted octanol–water partition coefficient (Wildman–Crippen LogP) is 1.10. The van der Waals surface area contributed by atoms with Crippen molar-refractivity contribution in [1.29, 1.82) is 0 Å². The fourth-order valence-electron chi connectivity index (χ4n) is 3.36. The number of hydrogen-bond acceptors (Lipinski definition) is 9. The third kappa shape index (κ3) is 3.27. The molecule has 0 saturated carbocycles. The minimum absolute atomic E-state index is 0.450. The average molecular weight is 388 g/mol. The Morgan fingerprint density at radius 2 is 1.69 bits per heavy atom. The van der Waals surface area contributed by atoms with Crippen molar-refractivity contribution in [3.05, 3.63) is 42.5 Å². The molecule has 0 amide bonds. The molecule has 4 aromatic heterocycles. The lowest BCUT2D eigenvalue weighted by atomic mass is 10.2. The van der Waals surface area contributed by atoms with Crippen LogP contribution in [0, 0.1) is 6.92 Å². The molecule has 0 unspecified atom stereocenters. The molecule has 5 rings (SSSR count). The molecule has 0 bridgehead atoms. The molecule has 1 aliphatic heterocycles. The van der Waals surface area contributed by atoms with Crippen molar-refractivity contribution in [3.8, 4) is 22.8 Å². The maximum Gasteiger partial charge on any atom is 0.272 e. The van der Waals surface area contributed by atoms with Crippen LogP contribution in [0.15, 0.2) is 36.8 Å². The molecule has 0 aliphatic carbocycles. The van der Waals surface area contributed by atoms with Gasteiger partial charge >= 0.3 is 0 Å². The predicted molar refractivity (Wildman–Crippen MR) is 107 cm³/mol. The lowest BCUT2D eigenvalue weighted by Gasteiger charge is -2.32. The zero-order chi connectivity index (χ0) is 19.8. The van der Waals surface area contributed by atoms with Crippen LogP contribution in [0.5, 0.6) is 0 Å². The van der Waals surface area contributed by atoms with Gasteiger partial charge in [-0.15, -0.1) is 15.3 Å². The second-order valence-electron chi connectivity index (χ2n) is 7.05. The van der Waals surface area contributed by atoms with Gasteiger partial charge in [-0.3, -0.25) is 4.98 Å². The molecule has 1 fully saturated rings. The highest BCUT2D eigenvalue weighted by Crippen LogP contribution is 2.22. The number of hydrogen-bond donors (Lipinski definition) is 0. The summed E-state index contributed by atoms with van der Waals surface area (Å²) in [5.41, 5.74) is 3.10. The van der Waals surface area contributed by atoms with Gasteiger partial charge in [-0.2, -0.15) is 9.50 Å². The topological polar surface area (TPSA) is 101 Å². The Bertz CT molecular complexity index is 1150. The molecule has 1 aliphatic rings. The summed E-state index contributed by atoms with van der Waals surface area (Å²) < 4.78 is 1.70. The van der Waals surface area contributed by atoms with E-state index in [1.54, 1.807) is 23.1 Å². The Morgan fingerprint density at radius 1 is 0.897 bits per heavy atom. The smallest absolute Gasteiger partial charge is 0.272 e. The van der Waals surface area contributed by atoms with Crippen molar-refractivity contribution in [2.45, 2.75) is 6.92 Å². The lowest BCUT2D eigenvalue weighted by molar-refractivity contribution is 0.311. The van der Waals surface area contributed by atoms with E-state index in [1.807, 2.05) is 25.1 Å². The molecule has 0 N–H and O–H groups in total. The summed E-state index contributed by atoms with van der Waals surface area (Å²) in [5.74, 6) is 1.75. The van der Waals surface area contributed by atoms with Crippen LogP contribution >= 0.6 is 0 Å². The molecule has 0 spiro atoms. The number of anilines is 1. The van der Waals surface area contributed by atoms with Gasteiger partial charge in [0.1, 0.15) is 5.69 Å². The van der Waals surface area contributed by atoms with Crippen molar-refractivity contribution in [1.82, 2.24) is 44.6 Å². The normalized spacial score (nSPS) is 15.2. The van der Waals surface area contributed by atoms with Crippen LogP contribution in [0.4, 0.5) is 5.95 Å². The van der Waals surface area contributed by atoms with Crippen molar-refractivity contribution < 1.29 is 0 Å². The summed E-state index contributed by atoms with van der Waals surface area (Å²) in [6, 6.07) is 5.58. The van der Waals surface area contributed by atoms with Crippen LogP contribution in [0.3, 0.4) is 0 Å². The molecule has 1 saturated heterocycles. The molecular formula is C19H20N10. The minimum Gasteiger partial charge on any atom is -0.338 e. The Morgan fingerprint density at radius 3 is 2.48 bits per heavy atom. The van der Waals surface area contributed by atoms with Gasteiger partial charge in [0.25, 0.3) is 5.78 Å². The van der Waals surface area contributed by atoms with Crippen molar-refractivity contribution in [2.24, 2.45) is 0 Å². The standard InChI is InChI=1S/C19H20N10/c1-13-16(15-5-8-21-18(22-15)28-11-9-27(2)10-12-28)24-25-19-23-17(26-29(13)19)14-3-6-20-7-4-14/h3-8H,9-12H2,1-2H3. The van der Waals surface area contributed by atoms with Crippen LogP contribution < -0.4 is 4.90 Å². The minimum atomic E-state index is 0.450. The number of aromatic nitrogens is 8. The first-order valence-corrected chi connectivity index (χ1v) is 9.46. The van der Waals surface area contributed by atoms with Crippen LogP contribution in [-0.4, -0.2) is 77.9 Å². The third-order valence-electron chi connectivity index (χ3n) is 5.10. The molecule has 29 heavy (non-hydrogen) atoms. The van der Waals surface area contributed by atoms with E-state index in [0.29, 0.717) is 23.2 Å². The zero-order valence-electron chi connectivity index (χ0n) is 16.3. The van der Waals surface area contributed by atoms with Crippen molar-refractivity contribution >= 4 is 11.7 Å². The molecule has 4 aromatic rings. The molecule has 10 nitrogen and oxygen atoms in total. The van der Waals surface area contributed by atoms with E-state index in [0.717, 1.165) is 43.1 Å². The summed E-state index contributed by atoms with van der Waals surface area (Å²) in [5, 5.41) is 13.2. The molecule has 0 radical (unpaired) electrons. The van der Waals surface area contributed by atoms with Gasteiger partial charge < -0.3 is 9.80 Å². The Hall–Kier alpha value is -3.53. The van der Waals surface area contributed by atoms with Crippen molar-refractivity contribution in [2.75, 3.05) is 38.1 Å². The van der Waals surface area contributed by atoms with Crippen LogP contribution in [0.1, 0.15) is 5.69 Å². The number of piperazine rings is 1. The Balaban J connectivity index is 1.52. The lowest BCUT2D eigenvalue weighted by Crippen LogP contribution is -2.45. The summed E-state index contributed by atoms with van der Waals surface area (Å²) in [6.07, 6.45) is 5.20. The van der Waals surface area contributed by atoms with Crippen LogP contribution in [0.25, 0.3) is 28.6 Å². The highest BCUT2D eigenvalue weighted by atomic mass is 15.4. The average Bonchev–Trinajstić information content (AvgIpc) is 3.21. The highest BCUT2D eigenvalue weighted by Gasteiger charge is 2.19. The number of rotatable bonds is 3. The van der Waals surface area contributed by atoms with Crippen molar-refractivity contribution in [3.63, 3.8) is 0 Å². The molecule has 0 atom stereocenters. The quantitative estimate of drug-likeness (QED) is 0.510. The fourth-order valence-corrected chi connectivity index (χ4v) is 3.36. The summed E-state index contributed by atoms with van der Waals surface area (Å²) in [6.45, 7) is 5.74. The van der Waals surface area contributed by atoms with Gasteiger partial charge in [0.05, 0.1) is 11.4 Å². The maximum atomic E-state index is 4.75. The Labute approximate surface area is 167 Å². The van der Waals surface area contributed by atoms with E-state index in [-0.39, 0.29) is 0 Å². The molecule has 146 valence electrons. The van der Waals surface area contributed by atoms with E-state index >= 15 is 0 Å². The summed E-state index contributed by atoms with van der Waals surface area (Å²) >= 11 is 0. The SMILES string of the molecule is Cc1c(-c2ccnc(N3CCN(C)CC3)n2)nnc2nc(-c3ccncc3)nn12. The second-order valence-corrected chi connectivity index (χ2v) is 7.05. The maximum absolute atomic E-state index is 4.75. The molecule has 5 heterocycles. The molecule has 0 aromatic carbocycles.